The molecule has 0 aromatic heterocycles. The molecule has 0 heterocycles. The lowest BCUT2D eigenvalue weighted by Gasteiger charge is -2.29. The minimum atomic E-state index is -1.48. The Kier molecular flexibility index (Phi) is 31.2. The Hall–Kier alpha value is -0.760. The van der Waals surface area contributed by atoms with E-state index in [1.165, 1.54) is 23.6 Å². The van der Waals surface area contributed by atoms with Crippen molar-refractivity contribution in [3.8, 4) is 0 Å². The standard InChI is InChI=1S/C43H60I6N6O16/c1-20(60)42(70)54(36-32(46)26(38(66)50-12-22(62)16-56)30(44)27(33(36)47)39(67)51-13-23(63)17-57)10-8-6-4-3-5-7-9-11-55(43(71)21(2)61)37-34(48)28(40(68)52-14-24(64)18-58)31(45)29(35(37)49)41(69)53-15-25(65)19-59/h20-25,56-65H,3-19H2,1-2H3,(H,50,66)(H,51,67)(H,52,68)(H,53,69)/t20-,21-,22?,23?,24?,25?/m0/s1. The van der Waals surface area contributed by atoms with Gasteiger partial charge in [-0.2, -0.15) is 0 Å². The molecule has 4 unspecified atom stereocenters. The zero-order valence-electron chi connectivity index (χ0n) is 38.6. The number of carbonyl (C=O) groups excluding carboxylic acids is 6. The SMILES string of the molecule is C[C@H](O)C(=O)N(CCCCCCCCCN(C(=O)[C@H](C)O)c1c(I)c(C(=O)NCC(O)CO)c(I)c(C(=O)NCC(O)CO)c1I)c1c(I)c(C(=O)NCC(O)CO)c(I)c(C(=O)NCC(O)CO)c1I. The van der Waals surface area contributed by atoms with Gasteiger partial charge in [-0.15, -0.1) is 0 Å². The third-order valence-electron chi connectivity index (χ3n) is 10.4. The van der Waals surface area contributed by atoms with Crippen molar-refractivity contribution in [3.63, 3.8) is 0 Å². The molecule has 0 bridgehead atoms. The number of unbranched alkanes of at least 4 members (excludes halogenated alkanes) is 6. The van der Waals surface area contributed by atoms with Gasteiger partial charge in [0, 0.05) is 46.4 Å². The number of anilines is 2. The maximum atomic E-state index is 13.7. The predicted molar refractivity (Wildman–Crippen MR) is 311 cm³/mol. The van der Waals surface area contributed by atoms with Crippen LogP contribution in [0.4, 0.5) is 11.4 Å². The molecule has 2 aromatic carbocycles. The molecule has 6 amide bonds. The Morgan fingerprint density at radius 3 is 0.803 bits per heavy atom. The lowest BCUT2D eigenvalue weighted by atomic mass is 10.0. The van der Waals surface area contributed by atoms with Crippen LogP contribution in [-0.4, -0.2) is 189 Å². The molecule has 0 spiro atoms. The highest BCUT2D eigenvalue weighted by molar-refractivity contribution is 14.1. The predicted octanol–water partition coefficient (Wildman–Crippen LogP) is 0.505. The Morgan fingerprint density at radius 1 is 0.394 bits per heavy atom. The van der Waals surface area contributed by atoms with Crippen molar-refractivity contribution in [1.82, 2.24) is 21.3 Å². The number of aliphatic hydroxyl groups is 10. The number of amides is 6. The summed E-state index contributed by atoms with van der Waals surface area (Å²) in [5.74, 6) is -4.28. The van der Waals surface area contributed by atoms with Gasteiger partial charge >= 0.3 is 0 Å². The van der Waals surface area contributed by atoms with E-state index in [1.807, 2.05) is 136 Å². The van der Waals surface area contributed by atoms with Gasteiger partial charge in [0.25, 0.3) is 35.4 Å². The molecule has 71 heavy (non-hydrogen) atoms. The van der Waals surface area contributed by atoms with E-state index in [-0.39, 0.29) is 94.3 Å². The number of rotatable bonds is 30. The van der Waals surface area contributed by atoms with E-state index in [2.05, 4.69) is 21.3 Å². The van der Waals surface area contributed by atoms with Gasteiger partial charge in [0.15, 0.2) is 0 Å². The number of carbonyl (C=O) groups is 6. The van der Waals surface area contributed by atoms with E-state index in [9.17, 15) is 79.8 Å². The van der Waals surface area contributed by atoms with Crippen molar-refractivity contribution in [2.24, 2.45) is 0 Å². The molecule has 2 rings (SSSR count). The first-order valence-corrected chi connectivity index (χ1v) is 28.6. The molecule has 6 atom stereocenters. The van der Waals surface area contributed by atoms with Crippen LogP contribution < -0.4 is 31.1 Å². The van der Waals surface area contributed by atoms with Crippen LogP contribution in [0, 0.1) is 21.4 Å². The van der Waals surface area contributed by atoms with E-state index in [0.29, 0.717) is 44.9 Å². The van der Waals surface area contributed by atoms with Gasteiger partial charge in [-0.05, 0) is 162 Å². The van der Waals surface area contributed by atoms with Crippen molar-refractivity contribution in [1.29, 1.82) is 0 Å². The first kappa shape index (κ1) is 66.4. The van der Waals surface area contributed by atoms with Gasteiger partial charge in [0.05, 0.1) is 98.8 Å². The second-order valence-corrected chi connectivity index (χ2v) is 22.5. The number of nitrogens with one attached hydrogen (secondary N) is 4. The third-order valence-corrected chi connectivity index (χ3v) is 16.7. The highest BCUT2D eigenvalue weighted by atomic mass is 127. The molecular weight excluding hydrogens is 1620 g/mol. The van der Waals surface area contributed by atoms with Crippen LogP contribution in [0.15, 0.2) is 0 Å². The fourth-order valence-electron chi connectivity index (χ4n) is 6.57. The summed E-state index contributed by atoms with van der Waals surface area (Å²) in [7, 11) is 0. The highest BCUT2D eigenvalue weighted by Gasteiger charge is 2.35. The van der Waals surface area contributed by atoms with Gasteiger partial charge in [-0.1, -0.05) is 32.1 Å². The quantitative estimate of drug-likeness (QED) is 0.0374. The number of benzene rings is 2. The highest BCUT2D eigenvalue weighted by Crippen LogP contribution is 2.40. The molecule has 0 aliphatic heterocycles. The Labute approximate surface area is 492 Å². The maximum Gasteiger partial charge on any atom is 0.255 e. The van der Waals surface area contributed by atoms with Crippen molar-refractivity contribution in [2.45, 2.75) is 95.4 Å². The summed E-state index contributed by atoms with van der Waals surface area (Å²) < 4.78 is 1.43. The summed E-state index contributed by atoms with van der Waals surface area (Å²) in [6, 6.07) is 0. The smallest absolute Gasteiger partial charge is 0.255 e. The lowest BCUT2D eigenvalue weighted by Crippen LogP contribution is -2.41. The van der Waals surface area contributed by atoms with Gasteiger partial charge in [-0.3, -0.25) is 28.8 Å². The normalized spacial score (nSPS) is 13.9. The van der Waals surface area contributed by atoms with Crippen LogP contribution in [0.3, 0.4) is 0 Å². The molecule has 14 N–H and O–H groups in total. The summed E-state index contributed by atoms with van der Waals surface area (Å²) in [4.78, 5) is 84.5. The number of hydrogen-bond donors (Lipinski definition) is 14. The Morgan fingerprint density at radius 2 is 0.606 bits per heavy atom. The lowest BCUT2D eigenvalue weighted by molar-refractivity contribution is -0.126. The topological polar surface area (TPSA) is 359 Å². The molecule has 0 saturated carbocycles. The largest absolute Gasteiger partial charge is 0.394 e. The minimum Gasteiger partial charge on any atom is -0.394 e. The average Bonchev–Trinajstić information content (AvgIpc) is 3.32. The number of aliphatic hydroxyl groups excluding tert-OH is 10. The van der Waals surface area contributed by atoms with E-state index < -0.39 is 98.5 Å². The van der Waals surface area contributed by atoms with Crippen LogP contribution in [0.5, 0.6) is 0 Å². The van der Waals surface area contributed by atoms with Gasteiger partial charge in [-0.25, -0.2) is 0 Å². The molecule has 0 fully saturated rings. The summed E-state index contributed by atoms with van der Waals surface area (Å²) in [6.07, 6.45) is -3.91. The van der Waals surface area contributed by atoms with Crippen LogP contribution >= 0.6 is 136 Å². The van der Waals surface area contributed by atoms with Crippen LogP contribution in [0.2, 0.25) is 0 Å². The van der Waals surface area contributed by atoms with E-state index in [4.69, 9.17) is 0 Å². The fourth-order valence-corrected chi connectivity index (χ4v) is 16.0. The Bertz CT molecular complexity index is 1920. The molecule has 400 valence electrons. The van der Waals surface area contributed by atoms with Crippen molar-refractivity contribution < 1.29 is 79.8 Å². The average molecular weight is 1680 g/mol. The molecule has 22 nitrogen and oxygen atoms in total. The van der Waals surface area contributed by atoms with Crippen LogP contribution in [0.25, 0.3) is 0 Å². The first-order chi connectivity index (χ1) is 33.4. The molecular formula is C43H60I6N6O16. The van der Waals surface area contributed by atoms with Crippen molar-refractivity contribution in [2.75, 3.05) is 75.5 Å². The Balaban J connectivity index is 2.38. The third kappa shape index (κ3) is 19.3. The zero-order chi connectivity index (χ0) is 53.9. The molecule has 2 aromatic rings. The summed E-state index contributed by atoms with van der Waals surface area (Å²) in [5.41, 5.74) is 0.312. The fraction of sp³-hybridized carbons (Fsp3) is 0.581. The zero-order valence-corrected chi connectivity index (χ0v) is 51.5. The van der Waals surface area contributed by atoms with Gasteiger partial charge < -0.3 is 82.1 Å². The molecule has 28 heteroatoms. The second-order valence-electron chi connectivity index (χ2n) is 16.1. The summed E-state index contributed by atoms with van der Waals surface area (Å²) in [5, 5.41) is 108. The second kappa shape index (κ2) is 33.4. The van der Waals surface area contributed by atoms with Crippen molar-refractivity contribution in [3.05, 3.63) is 43.7 Å². The van der Waals surface area contributed by atoms with E-state index in [1.54, 1.807) is 0 Å². The molecule has 0 aliphatic carbocycles. The number of nitrogens with zero attached hydrogens (tertiary/aromatic N) is 2. The molecule has 0 saturated heterocycles. The minimum absolute atomic E-state index is 0.00926. The molecule has 0 aliphatic rings. The summed E-state index contributed by atoms with van der Waals surface area (Å²) >= 11 is 11.2. The number of hydrogen-bond acceptors (Lipinski definition) is 16. The van der Waals surface area contributed by atoms with Gasteiger partial charge in [0.1, 0.15) is 12.2 Å². The maximum absolute atomic E-state index is 13.7. The van der Waals surface area contributed by atoms with Crippen LogP contribution in [-0.2, 0) is 9.59 Å². The van der Waals surface area contributed by atoms with Crippen LogP contribution in [0.1, 0.15) is 100 Å². The molecule has 0 radical (unpaired) electrons. The van der Waals surface area contributed by atoms with E-state index in [0.717, 1.165) is 0 Å². The van der Waals surface area contributed by atoms with Gasteiger partial charge in [0.2, 0.25) is 0 Å². The van der Waals surface area contributed by atoms with Crippen molar-refractivity contribution >= 4 is 182 Å². The first-order valence-electron chi connectivity index (χ1n) is 22.1. The number of halogens is 6. The summed E-state index contributed by atoms with van der Waals surface area (Å²) in [6.45, 7) is -1.10. The monoisotopic (exact) mass is 1680 g/mol. The van der Waals surface area contributed by atoms with E-state index >= 15 is 0 Å².